The molecule has 1 N–H and O–H groups in total. The first-order chi connectivity index (χ1) is 6.45. The molecule has 0 saturated heterocycles. The Hall–Kier alpha value is -0.730. The first kappa shape index (κ1) is 15.7. The second-order valence-corrected chi connectivity index (χ2v) is 3.78. The van der Waals surface area contributed by atoms with Crippen LogP contribution >= 0.6 is 0 Å². The summed E-state index contributed by atoms with van der Waals surface area (Å²) < 4.78 is 5.03. The Kier molecular flexibility index (Phi) is 9.94. The topological polar surface area (TPSA) is 38.3 Å². The summed E-state index contributed by atoms with van der Waals surface area (Å²) in [6.07, 6.45) is 1.76. The number of carbonyl (C=O) groups is 1. The molecule has 1 amide bonds. The lowest BCUT2D eigenvalue weighted by atomic mass is 10.2. The molecule has 86 valence electrons. The van der Waals surface area contributed by atoms with Crippen LogP contribution in [0.4, 0.5) is 4.79 Å². The van der Waals surface area contributed by atoms with Crippen molar-refractivity contribution in [1.29, 1.82) is 0 Å². The molecule has 3 nitrogen and oxygen atoms in total. The standard InChI is InChI=1S/C9H19NO2.C2H6/c1-5-6-7-10-8(11)12-9(2,3)4;1-2/h5-7H2,1-4H3,(H,10,11);1-2H3. The molecule has 0 heterocycles. The Balaban J connectivity index is 0. The maximum absolute atomic E-state index is 11.0. The van der Waals surface area contributed by atoms with Gasteiger partial charge in [0, 0.05) is 6.54 Å². The Morgan fingerprint density at radius 2 is 1.79 bits per heavy atom. The van der Waals surface area contributed by atoms with Gasteiger partial charge in [-0.15, -0.1) is 0 Å². The molecule has 0 aromatic rings. The molecule has 3 heteroatoms. The summed E-state index contributed by atoms with van der Waals surface area (Å²) in [5, 5.41) is 2.68. The summed E-state index contributed by atoms with van der Waals surface area (Å²) >= 11 is 0. The number of rotatable bonds is 3. The van der Waals surface area contributed by atoms with E-state index in [0.717, 1.165) is 12.8 Å². The minimum atomic E-state index is -0.393. The molecule has 0 saturated carbocycles. The fourth-order valence-electron chi connectivity index (χ4n) is 0.681. The average molecular weight is 203 g/mol. The maximum atomic E-state index is 11.0. The van der Waals surface area contributed by atoms with Crippen molar-refractivity contribution in [3.05, 3.63) is 0 Å². The SMILES string of the molecule is CC.CCCCNC(=O)OC(C)(C)C. The van der Waals surface area contributed by atoms with Crippen molar-refractivity contribution < 1.29 is 9.53 Å². The Morgan fingerprint density at radius 1 is 1.29 bits per heavy atom. The average Bonchev–Trinajstić information content (AvgIpc) is 2.05. The van der Waals surface area contributed by atoms with E-state index in [1.807, 2.05) is 34.6 Å². The van der Waals surface area contributed by atoms with Crippen molar-refractivity contribution in [3.63, 3.8) is 0 Å². The van der Waals surface area contributed by atoms with E-state index in [0.29, 0.717) is 6.54 Å². The van der Waals surface area contributed by atoms with Gasteiger partial charge in [0.25, 0.3) is 0 Å². The van der Waals surface area contributed by atoms with Crippen molar-refractivity contribution in [2.75, 3.05) is 6.54 Å². The van der Waals surface area contributed by atoms with Crippen LogP contribution in [-0.4, -0.2) is 18.2 Å². The van der Waals surface area contributed by atoms with Crippen LogP contribution in [0, 0.1) is 0 Å². The highest BCUT2D eigenvalue weighted by Crippen LogP contribution is 2.06. The van der Waals surface area contributed by atoms with Gasteiger partial charge in [0.1, 0.15) is 5.60 Å². The zero-order chi connectivity index (χ0) is 11.6. The molecule has 0 aromatic carbocycles. The summed E-state index contributed by atoms with van der Waals surface area (Å²) in [6.45, 7) is 12.3. The van der Waals surface area contributed by atoms with Crippen LogP contribution in [0.5, 0.6) is 0 Å². The van der Waals surface area contributed by atoms with E-state index >= 15 is 0 Å². The number of hydrogen-bond donors (Lipinski definition) is 1. The third-order valence-corrected chi connectivity index (χ3v) is 1.20. The number of hydrogen-bond acceptors (Lipinski definition) is 2. The summed E-state index contributed by atoms with van der Waals surface area (Å²) in [6, 6.07) is 0. The van der Waals surface area contributed by atoms with Gasteiger partial charge in [0.15, 0.2) is 0 Å². The summed E-state index contributed by atoms with van der Waals surface area (Å²) in [4.78, 5) is 11.0. The molecule has 0 aliphatic rings. The quantitative estimate of drug-likeness (QED) is 0.714. The van der Waals surface area contributed by atoms with Crippen LogP contribution in [0.3, 0.4) is 0 Å². The molecule has 0 unspecified atom stereocenters. The van der Waals surface area contributed by atoms with Gasteiger partial charge in [-0.05, 0) is 27.2 Å². The minimum absolute atomic E-state index is 0.323. The van der Waals surface area contributed by atoms with Crippen molar-refractivity contribution in [2.45, 2.75) is 60.0 Å². The molecule has 0 atom stereocenters. The fourth-order valence-corrected chi connectivity index (χ4v) is 0.681. The number of nitrogens with one attached hydrogen (secondary N) is 1. The smallest absolute Gasteiger partial charge is 0.407 e. The summed E-state index contributed by atoms with van der Waals surface area (Å²) in [5.74, 6) is 0. The second-order valence-electron chi connectivity index (χ2n) is 3.78. The van der Waals surface area contributed by atoms with Crippen molar-refractivity contribution >= 4 is 6.09 Å². The van der Waals surface area contributed by atoms with Crippen molar-refractivity contribution in [2.24, 2.45) is 0 Å². The van der Waals surface area contributed by atoms with E-state index in [2.05, 4.69) is 12.2 Å². The monoisotopic (exact) mass is 203 g/mol. The molecule has 14 heavy (non-hydrogen) atoms. The predicted octanol–water partition coefficient (Wildman–Crippen LogP) is 3.34. The highest BCUT2D eigenvalue weighted by atomic mass is 16.6. The molecular weight excluding hydrogens is 178 g/mol. The molecule has 0 aromatic heterocycles. The summed E-state index contributed by atoms with van der Waals surface area (Å²) in [7, 11) is 0. The molecule has 0 spiro atoms. The second kappa shape index (κ2) is 8.85. The first-order valence-electron chi connectivity index (χ1n) is 5.42. The van der Waals surface area contributed by atoms with Crippen LogP contribution < -0.4 is 5.32 Å². The van der Waals surface area contributed by atoms with E-state index in [1.54, 1.807) is 0 Å². The normalized spacial score (nSPS) is 9.86. The van der Waals surface area contributed by atoms with Gasteiger partial charge in [-0.25, -0.2) is 4.79 Å². The van der Waals surface area contributed by atoms with E-state index < -0.39 is 5.60 Å². The van der Waals surface area contributed by atoms with Gasteiger partial charge < -0.3 is 10.1 Å². The van der Waals surface area contributed by atoms with Gasteiger partial charge in [-0.3, -0.25) is 0 Å². The van der Waals surface area contributed by atoms with Crippen LogP contribution in [0.1, 0.15) is 54.4 Å². The van der Waals surface area contributed by atoms with Gasteiger partial charge in [-0.2, -0.15) is 0 Å². The molecule has 0 radical (unpaired) electrons. The van der Waals surface area contributed by atoms with Gasteiger partial charge in [-0.1, -0.05) is 27.2 Å². The highest BCUT2D eigenvalue weighted by Gasteiger charge is 2.14. The number of amides is 1. The van der Waals surface area contributed by atoms with Gasteiger partial charge >= 0.3 is 6.09 Å². The number of alkyl carbamates (subject to hydrolysis) is 1. The zero-order valence-corrected chi connectivity index (χ0v) is 10.4. The molecule has 0 aliphatic heterocycles. The third kappa shape index (κ3) is 13.8. The van der Waals surface area contributed by atoms with E-state index in [9.17, 15) is 4.79 Å². The molecular formula is C11H25NO2. The molecule has 0 aliphatic carbocycles. The highest BCUT2D eigenvalue weighted by molar-refractivity contribution is 5.67. The third-order valence-electron chi connectivity index (χ3n) is 1.20. The Labute approximate surface area is 88.2 Å². The van der Waals surface area contributed by atoms with Crippen molar-refractivity contribution in [3.8, 4) is 0 Å². The van der Waals surface area contributed by atoms with Crippen LogP contribution in [0.15, 0.2) is 0 Å². The van der Waals surface area contributed by atoms with Crippen LogP contribution in [-0.2, 0) is 4.74 Å². The Bertz CT molecular complexity index is 139. The lowest BCUT2D eigenvalue weighted by Crippen LogP contribution is -2.32. The lowest BCUT2D eigenvalue weighted by molar-refractivity contribution is 0.0527. The minimum Gasteiger partial charge on any atom is -0.444 e. The Morgan fingerprint density at radius 3 is 2.14 bits per heavy atom. The fraction of sp³-hybridized carbons (Fsp3) is 0.909. The van der Waals surface area contributed by atoms with E-state index in [4.69, 9.17) is 4.74 Å². The molecule has 0 bridgehead atoms. The maximum Gasteiger partial charge on any atom is 0.407 e. The van der Waals surface area contributed by atoms with Crippen LogP contribution in [0.25, 0.3) is 0 Å². The number of ether oxygens (including phenoxy) is 1. The number of carbonyl (C=O) groups excluding carboxylic acids is 1. The zero-order valence-electron chi connectivity index (χ0n) is 10.4. The van der Waals surface area contributed by atoms with E-state index in [-0.39, 0.29) is 6.09 Å². The molecule has 0 rings (SSSR count). The lowest BCUT2D eigenvalue weighted by Gasteiger charge is -2.19. The number of unbranched alkanes of at least 4 members (excludes halogenated alkanes) is 1. The first-order valence-corrected chi connectivity index (χ1v) is 5.42. The largest absolute Gasteiger partial charge is 0.444 e. The molecule has 0 fully saturated rings. The van der Waals surface area contributed by atoms with Crippen LogP contribution in [0.2, 0.25) is 0 Å². The predicted molar refractivity (Wildman–Crippen MR) is 60.5 cm³/mol. The van der Waals surface area contributed by atoms with E-state index in [1.165, 1.54) is 0 Å². The summed E-state index contributed by atoms with van der Waals surface area (Å²) in [5.41, 5.74) is -0.393. The van der Waals surface area contributed by atoms with Gasteiger partial charge in [0.05, 0.1) is 0 Å². The van der Waals surface area contributed by atoms with Crippen molar-refractivity contribution in [1.82, 2.24) is 5.32 Å². The van der Waals surface area contributed by atoms with Gasteiger partial charge in [0.2, 0.25) is 0 Å².